The Morgan fingerprint density at radius 1 is 0.356 bits per heavy atom. The van der Waals surface area contributed by atoms with Gasteiger partial charge in [-0.15, -0.1) is 0 Å². The Balaban J connectivity index is 1.36. The molecule has 0 aromatic heterocycles. The first-order valence-electron chi connectivity index (χ1n) is 17.1. The quantitative estimate of drug-likeness (QED) is 0.190. The van der Waals surface area contributed by atoms with Crippen molar-refractivity contribution < 1.29 is 5.48 Å². The average molecular weight is 578 g/mol. The summed E-state index contributed by atoms with van der Waals surface area (Å²) in [7, 11) is 0. The van der Waals surface area contributed by atoms with E-state index < -0.39 is 0 Å². The van der Waals surface area contributed by atoms with Gasteiger partial charge < -0.3 is 4.90 Å². The molecule has 0 bridgehead atoms. The van der Waals surface area contributed by atoms with E-state index in [-0.39, 0.29) is 35.4 Å². The summed E-state index contributed by atoms with van der Waals surface area (Å²) in [5.41, 5.74) is 7.08. The second-order valence-electron chi connectivity index (χ2n) is 11.0. The van der Waals surface area contributed by atoms with Gasteiger partial charge in [0.2, 0.25) is 0 Å². The highest BCUT2D eigenvalue weighted by atomic mass is 15.1. The van der Waals surface area contributed by atoms with E-state index >= 15 is 0 Å². The number of nitrogens with zero attached hydrogens (tertiary/aromatic N) is 1. The number of rotatable bonds is 6. The molecule has 0 aliphatic heterocycles. The van der Waals surface area contributed by atoms with E-state index in [1.807, 2.05) is 95.9 Å². The van der Waals surface area contributed by atoms with Crippen LogP contribution in [0.3, 0.4) is 0 Å². The van der Waals surface area contributed by atoms with E-state index in [0.717, 1.165) is 55.2 Å². The molecular formula is C44H31N. The molecule has 1 nitrogen and oxygen atoms in total. The number of benzene rings is 8. The van der Waals surface area contributed by atoms with Crippen LogP contribution in [0.4, 0.5) is 17.1 Å². The molecule has 0 amide bonds. The SMILES string of the molecule is [2H]c1c([2H])c(N(c2ccc(-c3c(-c4ccccc4)ccc4ccccc34)cc2)c2cccc3ccccc23)c([2H])c([2H])c1-c1ccccc1. The third-order valence-corrected chi connectivity index (χ3v) is 8.33. The number of hydrogen-bond acceptors (Lipinski definition) is 1. The number of hydrogen-bond donors (Lipinski definition) is 0. The van der Waals surface area contributed by atoms with Gasteiger partial charge in [0, 0.05) is 16.8 Å². The summed E-state index contributed by atoms with van der Waals surface area (Å²) in [6.45, 7) is 0. The predicted molar refractivity (Wildman–Crippen MR) is 192 cm³/mol. The first-order chi connectivity index (χ1) is 24.0. The summed E-state index contributed by atoms with van der Waals surface area (Å²) < 4.78 is 36.8. The minimum Gasteiger partial charge on any atom is -0.310 e. The maximum atomic E-state index is 9.32. The van der Waals surface area contributed by atoms with Crippen molar-refractivity contribution in [2.45, 2.75) is 0 Å². The van der Waals surface area contributed by atoms with Crippen LogP contribution in [0, 0.1) is 0 Å². The van der Waals surface area contributed by atoms with Crippen molar-refractivity contribution in [3.05, 3.63) is 188 Å². The molecule has 0 aliphatic carbocycles. The van der Waals surface area contributed by atoms with Crippen LogP contribution in [0.2, 0.25) is 0 Å². The highest BCUT2D eigenvalue weighted by molar-refractivity contribution is 6.05. The first-order valence-corrected chi connectivity index (χ1v) is 15.1. The van der Waals surface area contributed by atoms with Crippen LogP contribution in [0.25, 0.3) is 54.9 Å². The lowest BCUT2D eigenvalue weighted by atomic mass is 9.89. The highest BCUT2D eigenvalue weighted by Crippen LogP contribution is 2.42. The Morgan fingerprint density at radius 3 is 1.64 bits per heavy atom. The highest BCUT2D eigenvalue weighted by Gasteiger charge is 2.17. The van der Waals surface area contributed by atoms with Crippen LogP contribution >= 0.6 is 0 Å². The minimum atomic E-state index is -0.0997. The van der Waals surface area contributed by atoms with Crippen molar-refractivity contribution in [2.75, 3.05) is 4.90 Å². The van der Waals surface area contributed by atoms with Gasteiger partial charge >= 0.3 is 0 Å². The van der Waals surface area contributed by atoms with Gasteiger partial charge in [0.25, 0.3) is 0 Å². The van der Waals surface area contributed by atoms with Crippen LogP contribution < -0.4 is 4.90 Å². The van der Waals surface area contributed by atoms with E-state index in [1.165, 1.54) is 0 Å². The zero-order valence-corrected chi connectivity index (χ0v) is 24.5. The monoisotopic (exact) mass is 577 g/mol. The topological polar surface area (TPSA) is 3.24 Å². The molecule has 8 rings (SSSR count). The summed E-state index contributed by atoms with van der Waals surface area (Å²) in [5, 5.41) is 4.26. The Kier molecular flexibility index (Phi) is 5.84. The fourth-order valence-electron chi connectivity index (χ4n) is 6.18. The predicted octanol–water partition coefficient (Wildman–Crippen LogP) is 12.5. The third-order valence-electron chi connectivity index (χ3n) is 8.33. The first kappa shape index (κ1) is 22.6. The summed E-state index contributed by atoms with van der Waals surface area (Å²) in [6, 6.07) is 54.3. The maximum absolute atomic E-state index is 9.32. The summed E-state index contributed by atoms with van der Waals surface area (Å²) >= 11 is 0. The molecule has 0 aliphatic rings. The Hall–Kier alpha value is -5.92. The molecule has 0 radical (unpaired) electrons. The summed E-state index contributed by atoms with van der Waals surface area (Å²) in [4.78, 5) is 1.88. The van der Waals surface area contributed by atoms with Crippen LogP contribution in [-0.4, -0.2) is 0 Å². The third kappa shape index (κ3) is 5.05. The lowest BCUT2D eigenvalue weighted by Crippen LogP contribution is -2.10. The van der Waals surface area contributed by atoms with Crippen LogP contribution in [0.15, 0.2) is 188 Å². The zero-order valence-electron chi connectivity index (χ0n) is 28.5. The number of anilines is 3. The molecular weight excluding hydrogens is 542 g/mol. The largest absolute Gasteiger partial charge is 0.310 e. The van der Waals surface area contributed by atoms with Crippen molar-refractivity contribution in [1.29, 1.82) is 0 Å². The van der Waals surface area contributed by atoms with Gasteiger partial charge in [0.15, 0.2) is 0 Å². The fraction of sp³-hybridized carbons (Fsp3) is 0. The Morgan fingerprint density at radius 2 is 0.933 bits per heavy atom. The van der Waals surface area contributed by atoms with Gasteiger partial charge in [-0.2, -0.15) is 0 Å². The van der Waals surface area contributed by atoms with E-state index in [4.69, 9.17) is 2.74 Å². The molecule has 8 aromatic carbocycles. The van der Waals surface area contributed by atoms with Crippen molar-refractivity contribution in [2.24, 2.45) is 0 Å². The van der Waals surface area contributed by atoms with Crippen LogP contribution in [0.1, 0.15) is 5.48 Å². The van der Waals surface area contributed by atoms with Gasteiger partial charge in [-0.05, 0) is 79.8 Å². The van der Waals surface area contributed by atoms with E-state index in [9.17, 15) is 2.74 Å². The second-order valence-corrected chi connectivity index (χ2v) is 11.0. The molecule has 0 saturated heterocycles. The zero-order chi connectivity index (χ0) is 33.5. The molecule has 0 N–H and O–H groups in total. The smallest absolute Gasteiger partial charge is 0.0645 e. The molecule has 0 saturated carbocycles. The molecule has 0 atom stereocenters. The molecule has 0 unspecified atom stereocenters. The lowest BCUT2D eigenvalue weighted by Gasteiger charge is -2.27. The van der Waals surface area contributed by atoms with Gasteiger partial charge in [0.05, 0.1) is 11.2 Å². The standard InChI is InChI=1S/C44H31N/c1-3-12-32(13-4-1)33-22-27-38(28-23-33)45(43-21-11-18-34-16-7-9-19-40(34)43)39-29-24-37(25-30-39)44-41-20-10-8-17-36(41)26-31-42(44)35-14-5-2-6-15-35/h1-31H/i22D,23D,27D,28D. The Bertz CT molecular complexity index is 2440. The molecule has 0 spiro atoms. The second kappa shape index (κ2) is 11.6. The molecule has 0 heterocycles. The molecule has 0 fully saturated rings. The summed E-state index contributed by atoms with van der Waals surface area (Å²) in [5.74, 6) is 0. The van der Waals surface area contributed by atoms with Crippen molar-refractivity contribution in [1.82, 2.24) is 0 Å². The van der Waals surface area contributed by atoms with E-state index in [0.29, 0.717) is 5.56 Å². The molecule has 1 heteroatoms. The number of fused-ring (bicyclic) bond motifs is 2. The molecule has 212 valence electrons. The normalized spacial score (nSPS) is 12.4. The molecule has 45 heavy (non-hydrogen) atoms. The van der Waals surface area contributed by atoms with Gasteiger partial charge in [-0.3, -0.25) is 0 Å². The van der Waals surface area contributed by atoms with Crippen LogP contribution in [-0.2, 0) is 0 Å². The van der Waals surface area contributed by atoms with E-state index in [1.54, 1.807) is 0 Å². The summed E-state index contributed by atoms with van der Waals surface area (Å²) in [6.07, 6.45) is 0. The van der Waals surface area contributed by atoms with Crippen molar-refractivity contribution in [3.63, 3.8) is 0 Å². The lowest BCUT2D eigenvalue weighted by molar-refractivity contribution is 1.30. The van der Waals surface area contributed by atoms with Gasteiger partial charge in [0.1, 0.15) is 0 Å². The minimum absolute atomic E-state index is 0.0766. The van der Waals surface area contributed by atoms with Crippen molar-refractivity contribution in [3.8, 4) is 33.4 Å². The fourth-order valence-corrected chi connectivity index (χ4v) is 6.18. The average Bonchev–Trinajstić information content (AvgIpc) is 3.16. The van der Waals surface area contributed by atoms with E-state index in [2.05, 4.69) is 72.8 Å². The van der Waals surface area contributed by atoms with Gasteiger partial charge in [-0.25, -0.2) is 0 Å². The molecule has 8 aromatic rings. The van der Waals surface area contributed by atoms with Crippen LogP contribution in [0.5, 0.6) is 0 Å². The van der Waals surface area contributed by atoms with Gasteiger partial charge in [-0.1, -0.05) is 158 Å². The maximum Gasteiger partial charge on any atom is 0.0645 e. The van der Waals surface area contributed by atoms with Crippen molar-refractivity contribution >= 4 is 38.6 Å². The Labute approximate surface area is 269 Å².